The minimum absolute atomic E-state index is 0.126. The Morgan fingerprint density at radius 2 is 2.25 bits per heavy atom. The zero-order valence-electron chi connectivity index (χ0n) is 9.14. The van der Waals surface area contributed by atoms with Gasteiger partial charge in [0.1, 0.15) is 11.5 Å². The zero-order chi connectivity index (χ0) is 11.5. The van der Waals surface area contributed by atoms with Gasteiger partial charge in [-0.05, 0) is 31.0 Å². The second kappa shape index (κ2) is 4.78. The van der Waals surface area contributed by atoms with E-state index in [1.807, 2.05) is 0 Å². The Balaban J connectivity index is 2.04. The average Bonchev–Trinajstić information content (AvgIpc) is 3.13. The van der Waals surface area contributed by atoms with Crippen LogP contribution in [0.5, 0.6) is 5.75 Å². The summed E-state index contributed by atoms with van der Waals surface area (Å²) in [6, 6.07) is 7.06. The summed E-state index contributed by atoms with van der Waals surface area (Å²) in [6.07, 6.45) is 1.93. The smallest absolute Gasteiger partial charge is 0.148 e. The molecule has 16 heavy (non-hydrogen) atoms. The molecule has 4 heteroatoms. The highest BCUT2D eigenvalue weighted by Gasteiger charge is 2.30. The van der Waals surface area contributed by atoms with Crippen LogP contribution in [-0.4, -0.2) is 22.9 Å². The maximum absolute atomic E-state index is 11.9. The Morgan fingerprint density at radius 3 is 2.88 bits per heavy atom. The molecule has 0 radical (unpaired) electrons. The lowest BCUT2D eigenvalue weighted by atomic mass is 10.3. The van der Waals surface area contributed by atoms with Crippen molar-refractivity contribution in [2.24, 2.45) is 5.92 Å². The molecule has 0 bridgehead atoms. The van der Waals surface area contributed by atoms with Crippen LogP contribution in [0.25, 0.3) is 0 Å². The summed E-state index contributed by atoms with van der Waals surface area (Å²) < 4.78 is 16.9. The van der Waals surface area contributed by atoms with Gasteiger partial charge in [0.05, 0.1) is 23.7 Å². The first-order chi connectivity index (χ1) is 7.70. The van der Waals surface area contributed by atoms with Gasteiger partial charge in [-0.15, -0.1) is 0 Å². The van der Waals surface area contributed by atoms with E-state index in [0.29, 0.717) is 10.6 Å². The molecule has 86 valence electrons. The molecule has 3 nitrogen and oxygen atoms in total. The first-order valence-electron chi connectivity index (χ1n) is 5.26. The van der Waals surface area contributed by atoms with Gasteiger partial charge in [-0.1, -0.05) is 6.07 Å². The SMILES string of the molecule is COc1cccc(S(=O)CC(=O)C2CC2)c1. The summed E-state index contributed by atoms with van der Waals surface area (Å²) in [7, 11) is 0.331. The highest BCUT2D eigenvalue weighted by atomic mass is 32.2. The second-order valence-electron chi connectivity index (χ2n) is 3.91. The average molecular weight is 238 g/mol. The molecule has 1 aliphatic rings. The van der Waals surface area contributed by atoms with E-state index < -0.39 is 10.8 Å². The van der Waals surface area contributed by atoms with Gasteiger partial charge in [0, 0.05) is 10.8 Å². The number of Topliss-reactive ketones (excluding diaryl/α,β-unsaturated/α-hetero) is 1. The van der Waals surface area contributed by atoms with Gasteiger partial charge in [0.15, 0.2) is 0 Å². The van der Waals surface area contributed by atoms with Gasteiger partial charge in [-0.25, -0.2) is 0 Å². The number of carbonyl (C=O) groups is 1. The standard InChI is InChI=1S/C12H14O3S/c1-15-10-3-2-4-11(7-10)16(14)8-12(13)9-5-6-9/h2-4,7,9H,5-6,8H2,1H3. The molecule has 0 amide bonds. The van der Waals surface area contributed by atoms with Gasteiger partial charge in [0.2, 0.25) is 0 Å². The lowest BCUT2D eigenvalue weighted by Crippen LogP contribution is -2.12. The summed E-state index contributed by atoms with van der Waals surface area (Å²) in [5.74, 6) is 1.11. The fourth-order valence-electron chi connectivity index (χ4n) is 1.48. The van der Waals surface area contributed by atoms with Crippen molar-refractivity contribution >= 4 is 16.6 Å². The van der Waals surface area contributed by atoms with Gasteiger partial charge >= 0.3 is 0 Å². The summed E-state index contributed by atoms with van der Waals surface area (Å²) in [5.41, 5.74) is 0. The van der Waals surface area contributed by atoms with Gasteiger partial charge in [0.25, 0.3) is 0 Å². The van der Waals surface area contributed by atoms with Crippen molar-refractivity contribution in [1.29, 1.82) is 0 Å². The Bertz CT molecular complexity index is 424. The fraction of sp³-hybridized carbons (Fsp3) is 0.417. The Kier molecular flexibility index (Phi) is 3.39. The number of hydrogen-bond donors (Lipinski definition) is 0. The van der Waals surface area contributed by atoms with Gasteiger partial charge in [-0.2, -0.15) is 0 Å². The summed E-state index contributed by atoms with van der Waals surface area (Å²) in [5, 5.41) is 0. The number of hydrogen-bond acceptors (Lipinski definition) is 3. The van der Waals surface area contributed by atoms with Gasteiger partial charge in [-0.3, -0.25) is 9.00 Å². The topological polar surface area (TPSA) is 43.4 Å². The van der Waals surface area contributed by atoms with Crippen molar-refractivity contribution in [1.82, 2.24) is 0 Å². The Labute approximate surface area is 97.3 Å². The molecular weight excluding hydrogens is 224 g/mol. The molecule has 0 heterocycles. The molecule has 1 aromatic rings. The van der Waals surface area contributed by atoms with Crippen molar-refractivity contribution in [3.63, 3.8) is 0 Å². The lowest BCUT2D eigenvalue weighted by Gasteiger charge is -2.03. The molecule has 0 aromatic heterocycles. The van der Waals surface area contributed by atoms with Crippen LogP contribution in [0.1, 0.15) is 12.8 Å². The van der Waals surface area contributed by atoms with E-state index in [4.69, 9.17) is 4.74 Å². The third-order valence-electron chi connectivity index (χ3n) is 2.61. The quantitative estimate of drug-likeness (QED) is 0.785. The molecule has 0 N–H and O–H groups in total. The van der Waals surface area contributed by atoms with E-state index in [9.17, 15) is 9.00 Å². The normalized spacial score (nSPS) is 16.8. The highest BCUT2D eigenvalue weighted by Crippen LogP contribution is 2.30. The third-order valence-corrected chi connectivity index (χ3v) is 3.94. The fourth-order valence-corrected chi connectivity index (χ4v) is 2.62. The number of rotatable bonds is 5. The van der Waals surface area contributed by atoms with Crippen molar-refractivity contribution in [2.45, 2.75) is 17.7 Å². The molecule has 1 atom stereocenters. The van der Waals surface area contributed by atoms with E-state index in [1.54, 1.807) is 31.4 Å². The van der Waals surface area contributed by atoms with E-state index in [0.717, 1.165) is 12.8 Å². The van der Waals surface area contributed by atoms with Crippen LogP contribution in [0.4, 0.5) is 0 Å². The van der Waals surface area contributed by atoms with Crippen LogP contribution in [-0.2, 0) is 15.6 Å². The number of ketones is 1. The van der Waals surface area contributed by atoms with Crippen LogP contribution in [0, 0.1) is 5.92 Å². The molecule has 2 rings (SSSR count). The molecule has 1 aromatic carbocycles. The monoisotopic (exact) mass is 238 g/mol. The summed E-state index contributed by atoms with van der Waals surface area (Å²) >= 11 is 0. The van der Waals surface area contributed by atoms with Gasteiger partial charge < -0.3 is 4.74 Å². The molecule has 1 unspecified atom stereocenters. The number of benzene rings is 1. The summed E-state index contributed by atoms with van der Waals surface area (Å²) in [4.78, 5) is 12.2. The van der Waals surface area contributed by atoms with Crippen molar-refractivity contribution in [2.75, 3.05) is 12.9 Å². The molecule has 1 fully saturated rings. The first kappa shape index (κ1) is 11.3. The van der Waals surface area contributed by atoms with E-state index in [2.05, 4.69) is 0 Å². The third kappa shape index (κ3) is 2.70. The van der Waals surface area contributed by atoms with E-state index >= 15 is 0 Å². The largest absolute Gasteiger partial charge is 0.497 e. The van der Waals surface area contributed by atoms with Crippen LogP contribution >= 0.6 is 0 Å². The number of carbonyl (C=O) groups excluding carboxylic acids is 1. The van der Waals surface area contributed by atoms with E-state index in [1.165, 1.54) is 0 Å². The maximum Gasteiger partial charge on any atom is 0.148 e. The second-order valence-corrected chi connectivity index (χ2v) is 5.36. The molecule has 0 spiro atoms. The minimum Gasteiger partial charge on any atom is -0.497 e. The lowest BCUT2D eigenvalue weighted by molar-refractivity contribution is -0.117. The first-order valence-corrected chi connectivity index (χ1v) is 6.57. The molecule has 0 saturated heterocycles. The Hall–Kier alpha value is -1.16. The van der Waals surface area contributed by atoms with Crippen LogP contribution in [0.3, 0.4) is 0 Å². The maximum atomic E-state index is 11.9. The molecule has 0 aliphatic heterocycles. The van der Waals surface area contributed by atoms with Crippen molar-refractivity contribution in [3.8, 4) is 5.75 Å². The zero-order valence-corrected chi connectivity index (χ0v) is 9.96. The number of ether oxygens (including phenoxy) is 1. The van der Waals surface area contributed by atoms with Crippen LogP contribution in [0.2, 0.25) is 0 Å². The predicted octanol–water partition coefficient (Wildman–Crippen LogP) is 1.78. The number of methoxy groups -OCH3 is 1. The predicted molar refractivity (Wildman–Crippen MR) is 62.0 cm³/mol. The summed E-state index contributed by atoms with van der Waals surface area (Å²) in [6.45, 7) is 0. The van der Waals surface area contributed by atoms with Crippen LogP contribution < -0.4 is 4.74 Å². The highest BCUT2D eigenvalue weighted by molar-refractivity contribution is 7.85. The molecular formula is C12H14O3S. The molecule has 1 saturated carbocycles. The van der Waals surface area contributed by atoms with Crippen molar-refractivity contribution in [3.05, 3.63) is 24.3 Å². The van der Waals surface area contributed by atoms with E-state index in [-0.39, 0.29) is 17.5 Å². The van der Waals surface area contributed by atoms with Crippen LogP contribution in [0.15, 0.2) is 29.2 Å². The minimum atomic E-state index is -1.24. The van der Waals surface area contributed by atoms with Crippen molar-refractivity contribution < 1.29 is 13.7 Å². The Morgan fingerprint density at radius 1 is 1.50 bits per heavy atom. The molecule has 1 aliphatic carbocycles.